The highest BCUT2D eigenvalue weighted by Crippen LogP contribution is 2.37. The topological polar surface area (TPSA) is 81.4 Å². The average Bonchev–Trinajstić information content (AvgIpc) is 3.01. The zero-order chi connectivity index (χ0) is 17.4. The van der Waals surface area contributed by atoms with Crippen LogP contribution in [-0.2, 0) is 21.0 Å². The minimum atomic E-state index is -4.29. The summed E-state index contributed by atoms with van der Waals surface area (Å²) in [7, 11) is -4.29. The predicted molar refractivity (Wildman–Crippen MR) is 80.8 cm³/mol. The number of sulfonamides is 1. The number of hydrogen-bond acceptors (Lipinski definition) is 5. The Bertz CT molecular complexity index is 977. The molecule has 0 atom stereocenters. The number of nitrogens with one attached hydrogen (secondary N) is 1. The number of alkyl halides is 2. The first-order valence-corrected chi connectivity index (χ1v) is 8.34. The van der Waals surface area contributed by atoms with E-state index in [1.54, 1.807) is 6.07 Å². The number of halogens is 3. The van der Waals surface area contributed by atoms with Crippen LogP contribution >= 0.6 is 11.6 Å². The Labute approximate surface area is 140 Å². The Kier molecular flexibility index (Phi) is 4.26. The van der Waals surface area contributed by atoms with Crippen molar-refractivity contribution in [1.82, 2.24) is 10.0 Å². The standard InChI is InChI=1S/C14H9ClF2N2O4S/c15-10-7-4-8-11-12(10)13(18-22-11)14(16,17)23-19-24(20,21)9-5-2-1-3-6-9/h1-8,19H. The second-order valence-electron chi connectivity index (χ2n) is 4.66. The van der Waals surface area contributed by atoms with E-state index >= 15 is 0 Å². The highest BCUT2D eigenvalue weighted by Gasteiger charge is 2.41. The smallest absolute Gasteiger partial charge is 0.356 e. The predicted octanol–water partition coefficient (Wildman–Crippen LogP) is 3.44. The second kappa shape index (κ2) is 6.10. The first kappa shape index (κ1) is 16.8. The molecule has 2 aromatic carbocycles. The minimum absolute atomic E-state index is 0.0201. The summed E-state index contributed by atoms with van der Waals surface area (Å²) in [5.41, 5.74) is -0.912. The summed E-state index contributed by atoms with van der Waals surface area (Å²) in [6, 6.07) is 11.2. The first-order chi connectivity index (χ1) is 11.3. The number of hydrogen-bond donors (Lipinski definition) is 1. The van der Waals surface area contributed by atoms with Crippen LogP contribution in [-0.4, -0.2) is 13.6 Å². The first-order valence-electron chi connectivity index (χ1n) is 6.48. The van der Waals surface area contributed by atoms with Crippen molar-refractivity contribution in [2.45, 2.75) is 11.0 Å². The van der Waals surface area contributed by atoms with Gasteiger partial charge in [-0.15, -0.1) is 0 Å². The number of nitrogens with zero attached hydrogens (tertiary/aromatic N) is 1. The maximum Gasteiger partial charge on any atom is 0.420 e. The van der Waals surface area contributed by atoms with Gasteiger partial charge in [0.15, 0.2) is 11.3 Å². The molecule has 126 valence electrons. The molecule has 3 aromatic rings. The highest BCUT2D eigenvalue weighted by atomic mass is 35.5. The molecule has 3 rings (SSSR count). The van der Waals surface area contributed by atoms with E-state index in [-0.39, 0.29) is 20.9 Å². The molecule has 0 aliphatic carbocycles. The van der Waals surface area contributed by atoms with Gasteiger partial charge in [-0.2, -0.15) is 8.78 Å². The summed E-state index contributed by atoms with van der Waals surface area (Å²) in [6.45, 7) is 0. The third kappa shape index (κ3) is 3.11. The lowest BCUT2D eigenvalue weighted by molar-refractivity contribution is -0.269. The van der Waals surface area contributed by atoms with Gasteiger partial charge in [0.25, 0.3) is 10.0 Å². The van der Waals surface area contributed by atoms with Crippen molar-refractivity contribution < 1.29 is 26.6 Å². The van der Waals surface area contributed by atoms with Crippen molar-refractivity contribution >= 4 is 32.6 Å². The molecule has 0 saturated heterocycles. The Morgan fingerprint density at radius 2 is 1.83 bits per heavy atom. The van der Waals surface area contributed by atoms with Crippen LogP contribution in [0.25, 0.3) is 11.0 Å². The van der Waals surface area contributed by atoms with E-state index < -0.39 is 21.8 Å². The van der Waals surface area contributed by atoms with Crippen LogP contribution in [0.4, 0.5) is 8.78 Å². The van der Waals surface area contributed by atoms with Crippen LogP contribution in [0.2, 0.25) is 5.02 Å². The van der Waals surface area contributed by atoms with Crippen molar-refractivity contribution in [3.05, 3.63) is 59.2 Å². The molecule has 24 heavy (non-hydrogen) atoms. The maximum absolute atomic E-state index is 14.2. The van der Waals surface area contributed by atoms with Crippen LogP contribution in [0.15, 0.2) is 57.9 Å². The molecule has 0 fully saturated rings. The summed E-state index contributed by atoms with van der Waals surface area (Å²) < 4.78 is 57.1. The number of aromatic nitrogens is 1. The molecule has 0 unspecified atom stereocenters. The fourth-order valence-electron chi connectivity index (χ4n) is 1.95. The largest absolute Gasteiger partial charge is 0.420 e. The molecule has 0 radical (unpaired) electrons. The zero-order valence-corrected chi connectivity index (χ0v) is 13.3. The molecule has 0 aliphatic heterocycles. The Balaban J connectivity index is 1.89. The van der Waals surface area contributed by atoms with Gasteiger partial charge in [-0.3, -0.25) is 0 Å². The van der Waals surface area contributed by atoms with Gasteiger partial charge in [0.2, 0.25) is 0 Å². The Morgan fingerprint density at radius 1 is 1.12 bits per heavy atom. The quantitative estimate of drug-likeness (QED) is 0.692. The molecular formula is C14H9ClF2N2O4S. The van der Waals surface area contributed by atoms with Gasteiger partial charge < -0.3 is 4.52 Å². The molecule has 6 nitrogen and oxygen atoms in total. The molecule has 0 spiro atoms. The number of fused-ring (bicyclic) bond motifs is 1. The van der Waals surface area contributed by atoms with Crippen LogP contribution in [0.3, 0.4) is 0 Å². The van der Waals surface area contributed by atoms with Crippen LogP contribution < -0.4 is 4.89 Å². The highest BCUT2D eigenvalue weighted by molar-refractivity contribution is 7.89. The second-order valence-corrected chi connectivity index (χ2v) is 6.71. The molecule has 1 heterocycles. The van der Waals surface area contributed by atoms with Crippen molar-refractivity contribution in [3.8, 4) is 0 Å². The van der Waals surface area contributed by atoms with Crippen LogP contribution in [0, 0.1) is 0 Å². The van der Waals surface area contributed by atoms with Crippen LogP contribution in [0.5, 0.6) is 0 Å². The van der Waals surface area contributed by atoms with E-state index in [0.29, 0.717) is 0 Å². The normalized spacial score (nSPS) is 12.6. The van der Waals surface area contributed by atoms with Crippen molar-refractivity contribution in [2.75, 3.05) is 0 Å². The van der Waals surface area contributed by atoms with E-state index in [4.69, 9.17) is 16.1 Å². The fourth-order valence-corrected chi connectivity index (χ4v) is 3.03. The molecule has 1 aromatic heterocycles. The van der Waals surface area contributed by atoms with Crippen LogP contribution in [0.1, 0.15) is 5.69 Å². The van der Waals surface area contributed by atoms with E-state index in [9.17, 15) is 17.2 Å². The van der Waals surface area contributed by atoms with Gasteiger partial charge in [-0.25, -0.2) is 13.3 Å². The number of rotatable bonds is 5. The maximum atomic E-state index is 14.2. The van der Waals surface area contributed by atoms with Crippen molar-refractivity contribution in [2.24, 2.45) is 0 Å². The molecule has 0 aliphatic rings. The van der Waals surface area contributed by atoms with Gasteiger partial charge in [0, 0.05) is 0 Å². The Morgan fingerprint density at radius 3 is 2.54 bits per heavy atom. The van der Waals surface area contributed by atoms with Gasteiger partial charge in [0.05, 0.1) is 15.3 Å². The lowest BCUT2D eigenvalue weighted by Gasteiger charge is -2.15. The average molecular weight is 375 g/mol. The zero-order valence-electron chi connectivity index (χ0n) is 11.7. The summed E-state index contributed by atoms with van der Waals surface area (Å²) in [6.07, 6.45) is -4.10. The molecule has 0 bridgehead atoms. The summed E-state index contributed by atoms with van der Waals surface area (Å²) >= 11 is 5.87. The van der Waals surface area contributed by atoms with Crippen molar-refractivity contribution in [1.29, 1.82) is 0 Å². The van der Waals surface area contributed by atoms with E-state index in [1.807, 2.05) is 0 Å². The minimum Gasteiger partial charge on any atom is -0.356 e. The molecule has 0 saturated carbocycles. The molecule has 1 N–H and O–H groups in total. The SMILES string of the molecule is O=S(=O)(NOC(F)(F)c1noc2cccc(Cl)c12)c1ccccc1. The van der Waals surface area contributed by atoms with Gasteiger partial charge >= 0.3 is 6.11 Å². The van der Waals surface area contributed by atoms with E-state index in [1.165, 1.54) is 47.3 Å². The lowest BCUT2D eigenvalue weighted by Crippen LogP contribution is -2.32. The third-order valence-corrected chi connectivity index (χ3v) is 4.57. The van der Waals surface area contributed by atoms with Gasteiger partial charge in [-0.05, 0) is 24.3 Å². The van der Waals surface area contributed by atoms with Gasteiger partial charge in [0.1, 0.15) is 0 Å². The summed E-state index contributed by atoms with van der Waals surface area (Å²) in [4.78, 5) is 5.26. The van der Waals surface area contributed by atoms with Crippen molar-refractivity contribution in [3.63, 3.8) is 0 Å². The van der Waals surface area contributed by atoms with Gasteiger partial charge in [-0.1, -0.05) is 45.9 Å². The molecule has 10 heteroatoms. The fraction of sp³-hybridized carbons (Fsp3) is 0.0714. The lowest BCUT2D eigenvalue weighted by atomic mass is 10.2. The molecule has 0 amide bonds. The Hall–Kier alpha value is -2.07. The summed E-state index contributed by atoms with van der Waals surface area (Å²) in [5.74, 6) is 0. The number of benzene rings is 2. The third-order valence-electron chi connectivity index (χ3n) is 3.06. The van der Waals surface area contributed by atoms with E-state index in [2.05, 4.69) is 9.99 Å². The summed E-state index contributed by atoms with van der Waals surface area (Å²) in [5, 5.41) is 3.04. The molecular weight excluding hydrogens is 366 g/mol. The van der Waals surface area contributed by atoms with E-state index in [0.717, 1.165) is 0 Å². The monoisotopic (exact) mass is 374 g/mol.